The zero-order valence-electron chi connectivity index (χ0n) is 27.3. The van der Waals surface area contributed by atoms with E-state index in [0.717, 1.165) is 29.6 Å². The maximum absolute atomic E-state index is 7.19. The molecular formula is C46H34N2S. The van der Waals surface area contributed by atoms with Crippen LogP contribution in [-0.2, 0) is 6.42 Å². The van der Waals surface area contributed by atoms with Crippen molar-refractivity contribution in [2.24, 2.45) is 0 Å². The van der Waals surface area contributed by atoms with Crippen LogP contribution in [0.25, 0.3) is 72.1 Å². The third-order valence-electron chi connectivity index (χ3n) is 10.7. The van der Waals surface area contributed by atoms with E-state index in [1.165, 1.54) is 81.0 Å². The Balaban J connectivity index is 1.16. The Labute approximate surface area is 290 Å². The molecule has 1 unspecified atom stereocenters. The van der Waals surface area contributed by atoms with E-state index in [1.54, 1.807) is 0 Å². The van der Waals surface area contributed by atoms with Crippen molar-refractivity contribution in [1.82, 2.24) is 0 Å². The van der Waals surface area contributed by atoms with Crippen molar-refractivity contribution in [3.05, 3.63) is 160 Å². The molecule has 234 valence electrons. The van der Waals surface area contributed by atoms with Crippen molar-refractivity contribution < 1.29 is 0 Å². The van der Waals surface area contributed by atoms with Gasteiger partial charge in [0.2, 0.25) is 0 Å². The third-order valence-corrected chi connectivity index (χ3v) is 12.1. The van der Waals surface area contributed by atoms with Gasteiger partial charge >= 0.3 is 0 Å². The summed E-state index contributed by atoms with van der Waals surface area (Å²) >= 11 is 1.94. The number of nitrogen functional groups attached to an aromatic ring is 1. The van der Waals surface area contributed by atoms with Crippen molar-refractivity contribution >= 4 is 83.7 Å². The highest BCUT2D eigenvalue weighted by molar-refractivity contribution is 7.13. The van der Waals surface area contributed by atoms with E-state index in [2.05, 4.69) is 157 Å². The summed E-state index contributed by atoms with van der Waals surface area (Å²) in [6.07, 6.45) is 9.27. The first-order chi connectivity index (χ1) is 24.1. The summed E-state index contributed by atoms with van der Waals surface area (Å²) in [6.45, 7) is 2.35. The minimum absolute atomic E-state index is 0.126. The van der Waals surface area contributed by atoms with Crippen molar-refractivity contribution in [1.29, 1.82) is 0 Å². The lowest BCUT2D eigenvalue weighted by Gasteiger charge is -2.38. The molecule has 1 atom stereocenters. The Bertz CT molecular complexity index is 2640. The van der Waals surface area contributed by atoms with Crippen LogP contribution < -0.4 is 10.6 Å². The first-order valence-electron chi connectivity index (χ1n) is 17.2. The molecular weight excluding hydrogens is 613 g/mol. The Morgan fingerprint density at radius 1 is 0.653 bits per heavy atom. The highest BCUT2D eigenvalue weighted by atomic mass is 32.1. The number of hydrogen-bond donors (Lipinski definition) is 1. The molecule has 1 aliphatic heterocycles. The van der Waals surface area contributed by atoms with E-state index in [0.29, 0.717) is 0 Å². The average molecular weight is 647 g/mol. The van der Waals surface area contributed by atoms with Crippen LogP contribution in [0.1, 0.15) is 45.8 Å². The molecule has 0 amide bonds. The van der Waals surface area contributed by atoms with Gasteiger partial charge in [0.25, 0.3) is 0 Å². The van der Waals surface area contributed by atoms with Gasteiger partial charge in [0, 0.05) is 20.8 Å². The summed E-state index contributed by atoms with van der Waals surface area (Å²) < 4.78 is 0. The molecule has 10 rings (SSSR count). The predicted octanol–water partition coefficient (Wildman–Crippen LogP) is 12.6. The van der Waals surface area contributed by atoms with Crippen LogP contribution in [0.2, 0.25) is 0 Å². The van der Waals surface area contributed by atoms with Gasteiger partial charge in [-0.1, -0.05) is 121 Å². The molecule has 0 radical (unpaired) electrons. The lowest BCUT2D eigenvalue weighted by Crippen LogP contribution is -2.28. The standard InChI is InChI=1S/C46H34N2S/c1-28-46-40(38-16-8-9-17-43(38)49-46)27-42(48(28)41-25-24-37-34-13-5-2-10-29(34)22-23-39(37)45(41)47)30-18-20-31(21-19-30)44-35-14-6-3-11-32(35)26-33-12-4-7-15-36(33)44/h2-7,9-15,17-28H,8,16,47H2,1H3. The van der Waals surface area contributed by atoms with E-state index < -0.39 is 0 Å². The van der Waals surface area contributed by atoms with Crippen molar-refractivity contribution in [3.8, 4) is 11.1 Å². The predicted molar refractivity (Wildman–Crippen MR) is 213 cm³/mol. The minimum atomic E-state index is 0.126. The molecule has 8 aromatic rings. The maximum Gasteiger partial charge on any atom is 0.0663 e. The minimum Gasteiger partial charge on any atom is -0.397 e. The van der Waals surface area contributed by atoms with Crippen LogP contribution in [0.3, 0.4) is 0 Å². The summed E-state index contributed by atoms with van der Waals surface area (Å²) in [7, 11) is 0. The van der Waals surface area contributed by atoms with Crippen LogP contribution in [0.15, 0.2) is 133 Å². The zero-order valence-corrected chi connectivity index (χ0v) is 28.1. The number of anilines is 2. The highest BCUT2D eigenvalue weighted by Crippen LogP contribution is 2.50. The Kier molecular flexibility index (Phi) is 6.34. The Morgan fingerprint density at radius 2 is 1.31 bits per heavy atom. The maximum atomic E-state index is 7.19. The number of nitrogens with two attached hydrogens (primary N) is 1. The van der Waals surface area contributed by atoms with Crippen molar-refractivity contribution in [2.75, 3.05) is 10.6 Å². The summed E-state index contributed by atoms with van der Waals surface area (Å²) in [5, 5.41) is 9.84. The zero-order chi connectivity index (χ0) is 32.6. The van der Waals surface area contributed by atoms with Crippen LogP contribution in [-0.4, -0.2) is 0 Å². The van der Waals surface area contributed by atoms with E-state index >= 15 is 0 Å². The summed E-state index contributed by atoms with van der Waals surface area (Å²) in [5.74, 6) is 0. The quantitative estimate of drug-likeness (QED) is 0.118. The van der Waals surface area contributed by atoms with Crippen LogP contribution >= 0.6 is 11.3 Å². The van der Waals surface area contributed by atoms with Gasteiger partial charge in [-0.3, -0.25) is 0 Å². The number of allylic oxidation sites excluding steroid dienone is 1. The van der Waals surface area contributed by atoms with E-state index in [-0.39, 0.29) is 6.04 Å². The molecule has 0 saturated carbocycles. The SMILES string of the molecule is CC1c2sc3c(c2C=C(c2ccc(-c4c5ccccc5cc5ccccc45)cc2)N1c1ccc2c(ccc4ccccc42)c1N)CCC=C3. The largest absolute Gasteiger partial charge is 0.397 e. The smallest absolute Gasteiger partial charge is 0.0663 e. The van der Waals surface area contributed by atoms with E-state index in [1.807, 2.05) is 11.3 Å². The summed E-state index contributed by atoms with van der Waals surface area (Å²) in [5.41, 5.74) is 16.9. The topological polar surface area (TPSA) is 29.3 Å². The molecule has 2 nitrogen and oxygen atoms in total. The molecule has 7 aromatic carbocycles. The fraction of sp³-hybridized carbons (Fsp3) is 0.0870. The molecule has 2 heterocycles. The third kappa shape index (κ3) is 4.32. The first-order valence-corrected chi connectivity index (χ1v) is 18.0. The highest BCUT2D eigenvalue weighted by Gasteiger charge is 2.33. The van der Waals surface area contributed by atoms with Gasteiger partial charge in [0.15, 0.2) is 0 Å². The molecule has 0 fully saturated rings. The molecule has 0 saturated heterocycles. The number of thiophene rings is 1. The van der Waals surface area contributed by atoms with Gasteiger partial charge in [-0.15, -0.1) is 11.3 Å². The number of fused-ring (bicyclic) bond motifs is 8. The summed E-state index contributed by atoms with van der Waals surface area (Å²) in [6, 6.07) is 46.6. The van der Waals surface area contributed by atoms with Crippen LogP contribution in [0, 0.1) is 0 Å². The number of rotatable bonds is 3. The number of nitrogens with zero attached hydrogens (tertiary/aromatic N) is 1. The molecule has 2 N–H and O–H groups in total. The van der Waals surface area contributed by atoms with Crippen LogP contribution in [0.5, 0.6) is 0 Å². The van der Waals surface area contributed by atoms with Crippen molar-refractivity contribution in [3.63, 3.8) is 0 Å². The lowest BCUT2D eigenvalue weighted by molar-refractivity contribution is 0.786. The van der Waals surface area contributed by atoms with Gasteiger partial charge in [-0.25, -0.2) is 0 Å². The Morgan fingerprint density at radius 3 is 2.06 bits per heavy atom. The second-order valence-corrected chi connectivity index (χ2v) is 14.5. The van der Waals surface area contributed by atoms with Gasteiger partial charge < -0.3 is 10.6 Å². The molecule has 0 bridgehead atoms. The molecule has 49 heavy (non-hydrogen) atoms. The average Bonchev–Trinajstić information content (AvgIpc) is 3.53. The molecule has 3 heteroatoms. The van der Waals surface area contributed by atoms with Gasteiger partial charge in [0.05, 0.1) is 17.4 Å². The second kappa shape index (κ2) is 10.9. The van der Waals surface area contributed by atoms with E-state index in [4.69, 9.17) is 5.73 Å². The van der Waals surface area contributed by atoms with E-state index in [9.17, 15) is 0 Å². The second-order valence-electron chi connectivity index (χ2n) is 13.4. The number of benzene rings is 7. The first kappa shape index (κ1) is 28.4. The fourth-order valence-electron chi connectivity index (χ4n) is 8.33. The fourth-order valence-corrected chi connectivity index (χ4v) is 9.64. The molecule has 1 aliphatic carbocycles. The normalized spacial score (nSPS) is 15.6. The molecule has 0 spiro atoms. The van der Waals surface area contributed by atoms with Crippen LogP contribution in [0.4, 0.5) is 11.4 Å². The monoisotopic (exact) mass is 646 g/mol. The summed E-state index contributed by atoms with van der Waals surface area (Å²) in [4.78, 5) is 5.30. The molecule has 2 aliphatic rings. The lowest BCUT2D eigenvalue weighted by atomic mass is 9.89. The van der Waals surface area contributed by atoms with Crippen molar-refractivity contribution in [2.45, 2.75) is 25.8 Å². The molecule has 1 aromatic heterocycles. The number of hydrogen-bond acceptors (Lipinski definition) is 3. The van der Waals surface area contributed by atoms with Gasteiger partial charge in [-0.2, -0.15) is 0 Å². The van der Waals surface area contributed by atoms with Gasteiger partial charge in [0.1, 0.15) is 0 Å². The Hall–Kier alpha value is -5.64. The van der Waals surface area contributed by atoms with Gasteiger partial charge in [-0.05, 0) is 110 Å².